The lowest BCUT2D eigenvalue weighted by Gasteiger charge is -2.32. The van der Waals surface area contributed by atoms with Crippen LogP contribution in [0.5, 0.6) is 0 Å². The third-order valence-corrected chi connectivity index (χ3v) is 6.67. The summed E-state index contributed by atoms with van der Waals surface area (Å²) in [5.41, 5.74) is 1.92. The molecule has 1 fully saturated rings. The summed E-state index contributed by atoms with van der Waals surface area (Å²) in [6, 6.07) is 7.98. The molecule has 1 aromatic heterocycles. The number of benzene rings is 1. The Balaban J connectivity index is 0.00000196. The SMILES string of the molecule is CCNCC1CCN(C(=O)c2ccccc2SCc2csc(C)n2)CC1.Cl.Cl. The van der Waals surface area contributed by atoms with E-state index in [1.165, 1.54) is 0 Å². The highest BCUT2D eigenvalue weighted by Crippen LogP contribution is 2.28. The quantitative estimate of drug-likeness (QED) is 0.585. The number of hydrogen-bond acceptors (Lipinski definition) is 5. The molecule has 1 saturated heterocycles. The van der Waals surface area contributed by atoms with Gasteiger partial charge in [-0.15, -0.1) is 47.9 Å². The Morgan fingerprint density at radius 2 is 2.00 bits per heavy atom. The van der Waals surface area contributed by atoms with Crippen LogP contribution in [0.25, 0.3) is 0 Å². The molecule has 0 saturated carbocycles. The van der Waals surface area contributed by atoms with E-state index in [9.17, 15) is 4.79 Å². The number of thiazole rings is 1. The molecule has 2 aromatic rings. The number of likely N-dealkylation sites (tertiary alicyclic amines) is 1. The van der Waals surface area contributed by atoms with Gasteiger partial charge in [-0.25, -0.2) is 4.98 Å². The lowest BCUT2D eigenvalue weighted by atomic mass is 9.96. The van der Waals surface area contributed by atoms with Crippen molar-refractivity contribution in [2.24, 2.45) is 5.92 Å². The van der Waals surface area contributed by atoms with Crippen molar-refractivity contribution < 1.29 is 4.79 Å². The average molecular weight is 463 g/mol. The number of aromatic nitrogens is 1. The minimum absolute atomic E-state index is 0. The van der Waals surface area contributed by atoms with Gasteiger partial charge in [0.05, 0.1) is 16.3 Å². The van der Waals surface area contributed by atoms with Crippen LogP contribution >= 0.6 is 47.9 Å². The number of halogens is 2. The fourth-order valence-corrected chi connectivity index (χ4v) is 4.91. The molecular formula is C20H29Cl2N3OS2. The van der Waals surface area contributed by atoms with E-state index in [0.717, 1.165) is 65.9 Å². The summed E-state index contributed by atoms with van der Waals surface area (Å²) < 4.78 is 0. The fraction of sp³-hybridized carbons (Fsp3) is 0.500. The largest absolute Gasteiger partial charge is 0.339 e. The van der Waals surface area contributed by atoms with E-state index in [4.69, 9.17) is 0 Å². The van der Waals surface area contributed by atoms with Gasteiger partial charge < -0.3 is 10.2 Å². The molecule has 0 atom stereocenters. The van der Waals surface area contributed by atoms with Gasteiger partial charge in [0.25, 0.3) is 5.91 Å². The van der Waals surface area contributed by atoms with Gasteiger partial charge in [0.2, 0.25) is 0 Å². The molecule has 1 amide bonds. The number of nitrogens with zero attached hydrogens (tertiary/aromatic N) is 2. The number of hydrogen-bond donors (Lipinski definition) is 1. The Labute approximate surface area is 188 Å². The highest BCUT2D eigenvalue weighted by molar-refractivity contribution is 7.98. The van der Waals surface area contributed by atoms with E-state index in [0.29, 0.717) is 5.92 Å². The summed E-state index contributed by atoms with van der Waals surface area (Å²) in [5, 5.41) is 6.61. The minimum atomic E-state index is 0. The normalized spacial score (nSPS) is 14.3. The van der Waals surface area contributed by atoms with Crippen LogP contribution in [0.1, 0.15) is 40.8 Å². The third kappa shape index (κ3) is 6.92. The second kappa shape index (κ2) is 12.7. The number of carbonyl (C=O) groups excluding carboxylic acids is 1. The summed E-state index contributed by atoms with van der Waals surface area (Å²) in [6.07, 6.45) is 2.18. The number of rotatable bonds is 7. The second-order valence-corrected chi connectivity index (χ2v) is 8.77. The van der Waals surface area contributed by atoms with Gasteiger partial charge in [0.1, 0.15) is 0 Å². The molecule has 28 heavy (non-hydrogen) atoms. The molecule has 1 aliphatic rings. The zero-order chi connectivity index (χ0) is 18.4. The smallest absolute Gasteiger partial charge is 0.254 e. The van der Waals surface area contributed by atoms with Crippen molar-refractivity contribution in [1.29, 1.82) is 0 Å². The first kappa shape index (κ1) is 25.2. The molecular weight excluding hydrogens is 433 g/mol. The molecule has 156 valence electrons. The Morgan fingerprint density at radius 1 is 1.29 bits per heavy atom. The first-order chi connectivity index (χ1) is 12.7. The van der Waals surface area contributed by atoms with Gasteiger partial charge in [-0.2, -0.15) is 0 Å². The maximum absolute atomic E-state index is 13.0. The third-order valence-electron chi connectivity index (χ3n) is 4.74. The number of amides is 1. The molecule has 3 rings (SSSR count). The predicted molar refractivity (Wildman–Crippen MR) is 125 cm³/mol. The van der Waals surface area contributed by atoms with Crippen LogP contribution in [0.15, 0.2) is 34.5 Å². The standard InChI is InChI=1S/C20H27N3OS2.2ClH/c1-3-21-12-16-8-10-23(11-9-16)20(24)18-6-4-5-7-19(18)26-14-17-13-25-15(2)22-17;;/h4-7,13,16,21H,3,8-12,14H2,1-2H3;2*1H. The van der Waals surface area contributed by atoms with Gasteiger partial charge in [-0.1, -0.05) is 19.1 Å². The van der Waals surface area contributed by atoms with Crippen LogP contribution in [-0.2, 0) is 5.75 Å². The molecule has 4 nitrogen and oxygen atoms in total. The van der Waals surface area contributed by atoms with Gasteiger partial charge in [-0.05, 0) is 50.9 Å². The van der Waals surface area contributed by atoms with Crippen LogP contribution in [-0.4, -0.2) is 42.0 Å². The lowest BCUT2D eigenvalue weighted by Crippen LogP contribution is -2.40. The van der Waals surface area contributed by atoms with Crippen molar-refractivity contribution in [3.8, 4) is 0 Å². The minimum Gasteiger partial charge on any atom is -0.339 e. The van der Waals surface area contributed by atoms with Gasteiger partial charge in [-0.3, -0.25) is 4.79 Å². The average Bonchev–Trinajstić information content (AvgIpc) is 3.10. The molecule has 0 spiro atoms. The highest BCUT2D eigenvalue weighted by Gasteiger charge is 2.24. The van der Waals surface area contributed by atoms with E-state index in [2.05, 4.69) is 28.7 Å². The van der Waals surface area contributed by atoms with E-state index >= 15 is 0 Å². The topological polar surface area (TPSA) is 45.2 Å². The van der Waals surface area contributed by atoms with Gasteiger partial charge in [0.15, 0.2) is 0 Å². The molecule has 2 heterocycles. The summed E-state index contributed by atoms with van der Waals surface area (Å²) in [7, 11) is 0. The summed E-state index contributed by atoms with van der Waals surface area (Å²) >= 11 is 3.38. The number of piperidine rings is 1. The first-order valence-corrected chi connectivity index (χ1v) is 11.2. The van der Waals surface area contributed by atoms with Crippen molar-refractivity contribution in [3.05, 3.63) is 45.9 Å². The van der Waals surface area contributed by atoms with Crippen LogP contribution in [0.4, 0.5) is 0 Å². The van der Waals surface area contributed by atoms with Gasteiger partial charge >= 0.3 is 0 Å². The predicted octanol–water partition coefficient (Wildman–Crippen LogP) is 5.05. The van der Waals surface area contributed by atoms with E-state index in [-0.39, 0.29) is 30.7 Å². The molecule has 0 radical (unpaired) electrons. The molecule has 8 heteroatoms. The Kier molecular flexibility index (Phi) is 11.5. The van der Waals surface area contributed by atoms with Crippen molar-refractivity contribution in [3.63, 3.8) is 0 Å². The molecule has 0 unspecified atom stereocenters. The fourth-order valence-electron chi connectivity index (χ4n) is 3.25. The number of carbonyl (C=O) groups is 1. The van der Waals surface area contributed by atoms with Crippen molar-refractivity contribution in [1.82, 2.24) is 15.2 Å². The van der Waals surface area contributed by atoms with Crippen molar-refractivity contribution in [2.75, 3.05) is 26.2 Å². The molecule has 0 bridgehead atoms. The maximum atomic E-state index is 13.0. The lowest BCUT2D eigenvalue weighted by molar-refractivity contribution is 0.0687. The molecule has 1 aliphatic heterocycles. The van der Waals surface area contributed by atoms with E-state index in [1.54, 1.807) is 23.1 Å². The maximum Gasteiger partial charge on any atom is 0.254 e. The molecule has 1 N–H and O–H groups in total. The Hall–Kier alpha value is -0.790. The zero-order valence-corrected chi connectivity index (χ0v) is 19.6. The van der Waals surface area contributed by atoms with E-state index < -0.39 is 0 Å². The van der Waals surface area contributed by atoms with Crippen molar-refractivity contribution in [2.45, 2.75) is 37.3 Å². The molecule has 0 aliphatic carbocycles. The number of nitrogens with one attached hydrogen (secondary N) is 1. The van der Waals surface area contributed by atoms with Crippen LogP contribution < -0.4 is 5.32 Å². The first-order valence-electron chi connectivity index (χ1n) is 9.30. The number of thioether (sulfide) groups is 1. The molecule has 1 aromatic carbocycles. The van der Waals surface area contributed by atoms with Crippen molar-refractivity contribution >= 4 is 53.8 Å². The second-order valence-electron chi connectivity index (χ2n) is 6.69. The zero-order valence-electron chi connectivity index (χ0n) is 16.3. The summed E-state index contributed by atoms with van der Waals surface area (Å²) in [6.45, 7) is 7.97. The van der Waals surface area contributed by atoms with Crippen LogP contribution in [0.2, 0.25) is 0 Å². The summed E-state index contributed by atoms with van der Waals surface area (Å²) in [5.74, 6) is 1.67. The van der Waals surface area contributed by atoms with Gasteiger partial charge in [0, 0.05) is 29.1 Å². The summed E-state index contributed by atoms with van der Waals surface area (Å²) in [4.78, 5) is 20.6. The monoisotopic (exact) mass is 461 g/mol. The number of aryl methyl sites for hydroxylation is 1. The highest BCUT2D eigenvalue weighted by atomic mass is 35.5. The van der Waals surface area contributed by atoms with Crippen LogP contribution in [0.3, 0.4) is 0 Å². The van der Waals surface area contributed by atoms with E-state index in [1.807, 2.05) is 30.0 Å². The Morgan fingerprint density at radius 3 is 2.64 bits per heavy atom. The Bertz CT molecular complexity index is 734. The van der Waals surface area contributed by atoms with Crippen LogP contribution in [0, 0.1) is 12.8 Å².